The van der Waals surface area contributed by atoms with Gasteiger partial charge < -0.3 is 9.47 Å². The summed E-state index contributed by atoms with van der Waals surface area (Å²) >= 11 is 0. The quantitative estimate of drug-likeness (QED) is 0.834. The fourth-order valence-electron chi connectivity index (χ4n) is 2.74. The van der Waals surface area contributed by atoms with Crippen LogP contribution in [0.15, 0.2) is 30.5 Å². The summed E-state index contributed by atoms with van der Waals surface area (Å²) in [6.45, 7) is 0.781. The Morgan fingerprint density at radius 2 is 2.05 bits per heavy atom. The summed E-state index contributed by atoms with van der Waals surface area (Å²) < 4.78 is 11.2. The minimum absolute atomic E-state index is 0.697. The smallest absolute Gasteiger partial charge is 0.221 e. The molecule has 2 aromatic rings. The molecular formula is C16H19NO2. The predicted octanol–water partition coefficient (Wildman–Crippen LogP) is 3.81. The van der Waals surface area contributed by atoms with Crippen molar-refractivity contribution in [2.45, 2.75) is 25.7 Å². The molecule has 1 aliphatic rings. The predicted molar refractivity (Wildman–Crippen MR) is 75.7 cm³/mol. The summed E-state index contributed by atoms with van der Waals surface area (Å²) in [7, 11) is 1.68. The molecule has 3 nitrogen and oxygen atoms in total. The molecule has 0 unspecified atom stereocenters. The molecule has 1 heterocycles. The van der Waals surface area contributed by atoms with Gasteiger partial charge in [0, 0.05) is 11.6 Å². The number of aromatic nitrogens is 1. The lowest BCUT2D eigenvalue weighted by molar-refractivity contribution is 0.246. The Morgan fingerprint density at radius 3 is 2.84 bits per heavy atom. The fraction of sp³-hybridized carbons (Fsp3) is 0.438. The summed E-state index contributed by atoms with van der Waals surface area (Å²) in [5, 5.41) is 2.16. The first-order chi connectivity index (χ1) is 9.36. The molecule has 1 aliphatic carbocycles. The second kappa shape index (κ2) is 5.47. The van der Waals surface area contributed by atoms with Crippen molar-refractivity contribution in [1.82, 2.24) is 4.98 Å². The first-order valence-electron chi connectivity index (χ1n) is 6.92. The molecule has 0 atom stereocenters. The van der Waals surface area contributed by atoms with Crippen LogP contribution in [0.2, 0.25) is 0 Å². The standard InChI is InChI=1S/C16H19NO2/c1-18-14-7-6-13-8-9-17-16(15(13)10-14)19-11-12-4-2-3-5-12/h6-10,12H,2-5,11H2,1H3. The van der Waals surface area contributed by atoms with Crippen LogP contribution in [-0.2, 0) is 0 Å². The van der Waals surface area contributed by atoms with E-state index in [-0.39, 0.29) is 0 Å². The number of rotatable bonds is 4. The molecule has 0 spiro atoms. The lowest BCUT2D eigenvalue weighted by atomic mass is 10.1. The van der Waals surface area contributed by atoms with Gasteiger partial charge in [0.1, 0.15) is 5.75 Å². The van der Waals surface area contributed by atoms with Gasteiger partial charge in [-0.1, -0.05) is 18.9 Å². The van der Waals surface area contributed by atoms with Crippen molar-refractivity contribution in [3.05, 3.63) is 30.5 Å². The molecule has 1 aromatic carbocycles. The molecule has 0 saturated heterocycles. The minimum atomic E-state index is 0.697. The van der Waals surface area contributed by atoms with Gasteiger partial charge in [-0.2, -0.15) is 0 Å². The van der Waals surface area contributed by atoms with Crippen molar-refractivity contribution in [2.24, 2.45) is 5.92 Å². The maximum atomic E-state index is 5.94. The molecule has 0 N–H and O–H groups in total. The maximum Gasteiger partial charge on any atom is 0.221 e. The Kier molecular flexibility index (Phi) is 3.53. The molecule has 3 heteroatoms. The number of hydrogen-bond donors (Lipinski definition) is 0. The minimum Gasteiger partial charge on any atom is -0.497 e. The molecular weight excluding hydrogens is 238 g/mol. The third kappa shape index (κ3) is 2.65. The average molecular weight is 257 g/mol. The summed E-state index contributed by atoms with van der Waals surface area (Å²) in [6, 6.07) is 7.99. The number of pyridine rings is 1. The Labute approximate surface area is 113 Å². The molecule has 100 valence electrons. The summed E-state index contributed by atoms with van der Waals surface area (Å²) in [6.07, 6.45) is 7.05. The van der Waals surface area contributed by atoms with E-state index in [0.29, 0.717) is 5.92 Å². The number of methoxy groups -OCH3 is 1. The van der Waals surface area contributed by atoms with E-state index in [0.717, 1.165) is 29.0 Å². The monoisotopic (exact) mass is 257 g/mol. The van der Waals surface area contributed by atoms with E-state index in [1.807, 2.05) is 24.3 Å². The summed E-state index contributed by atoms with van der Waals surface area (Å²) in [5.41, 5.74) is 0. The highest BCUT2D eigenvalue weighted by molar-refractivity contribution is 5.87. The van der Waals surface area contributed by atoms with Crippen LogP contribution in [0.5, 0.6) is 11.6 Å². The van der Waals surface area contributed by atoms with Crippen LogP contribution in [0.3, 0.4) is 0 Å². The first-order valence-corrected chi connectivity index (χ1v) is 6.92. The van der Waals surface area contributed by atoms with Crippen molar-refractivity contribution >= 4 is 10.8 Å². The maximum absolute atomic E-state index is 5.94. The van der Waals surface area contributed by atoms with Gasteiger partial charge in [0.25, 0.3) is 0 Å². The van der Waals surface area contributed by atoms with E-state index in [9.17, 15) is 0 Å². The third-order valence-corrected chi connectivity index (χ3v) is 3.87. The van der Waals surface area contributed by atoms with E-state index >= 15 is 0 Å². The van der Waals surface area contributed by atoms with E-state index < -0.39 is 0 Å². The first kappa shape index (κ1) is 12.3. The van der Waals surface area contributed by atoms with Crippen molar-refractivity contribution in [2.75, 3.05) is 13.7 Å². The molecule has 1 saturated carbocycles. The number of fused-ring (bicyclic) bond motifs is 1. The normalized spacial score (nSPS) is 15.8. The van der Waals surface area contributed by atoms with Gasteiger partial charge in [-0.15, -0.1) is 0 Å². The Hall–Kier alpha value is -1.77. The van der Waals surface area contributed by atoms with E-state index in [1.165, 1.54) is 25.7 Å². The number of ether oxygens (including phenoxy) is 2. The zero-order valence-corrected chi connectivity index (χ0v) is 11.3. The highest BCUT2D eigenvalue weighted by Gasteiger charge is 2.16. The van der Waals surface area contributed by atoms with Crippen molar-refractivity contribution in [1.29, 1.82) is 0 Å². The highest BCUT2D eigenvalue weighted by Crippen LogP contribution is 2.29. The van der Waals surface area contributed by atoms with E-state index in [1.54, 1.807) is 13.3 Å². The van der Waals surface area contributed by atoms with Crippen LogP contribution in [-0.4, -0.2) is 18.7 Å². The van der Waals surface area contributed by atoms with Gasteiger partial charge in [-0.05, 0) is 42.3 Å². The second-order valence-corrected chi connectivity index (χ2v) is 5.16. The summed E-state index contributed by atoms with van der Waals surface area (Å²) in [4.78, 5) is 4.37. The zero-order valence-electron chi connectivity index (χ0n) is 11.3. The van der Waals surface area contributed by atoms with Crippen LogP contribution in [0.1, 0.15) is 25.7 Å². The number of benzene rings is 1. The van der Waals surface area contributed by atoms with Gasteiger partial charge in [0.2, 0.25) is 5.88 Å². The number of hydrogen-bond acceptors (Lipinski definition) is 3. The van der Waals surface area contributed by atoms with Crippen LogP contribution >= 0.6 is 0 Å². The average Bonchev–Trinajstić information content (AvgIpc) is 2.97. The van der Waals surface area contributed by atoms with Gasteiger partial charge in [-0.25, -0.2) is 4.98 Å². The fourth-order valence-corrected chi connectivity index (χ4v) is 2.74. The molecule has 0 bridgehead atoms. The number of nitrogens with zero attached hydrogens (tertiary/aromatic N) is 1. The molecule has 0 amide bonds. The molecule has 0 aliphatic heterocycles. The Balaban J connectivity index is 1.84. The zero-order chi connectivity index (χ0) is 13.1. The lowest BCUT2D eigenvalue weighted by Gasteiger charge is -2.12. The van der Waals surface area contributed by atoms with Crippen LogP contribution in [0.25, 0.3) is 10.8 Å². The van der Waals surface area contributed by atoms with E-state index in [4.69, 9.17) is 9.47 Å². The van der Waals surface area contributed by atoms with Crippen LogP contribution in [0.4, 0.5) is 0 Å². The lowest BCUT2D eigenvalue weighted by Crippen LogP contribution is -2.09. The SMILES string of the molecule is COc1ccc2ccnc(OCC3CCCC3)c2c1. The van der Waals surface area contributed by atoms with E-state index in [2.05, 4.69) is 4.98 Å². The van der Waals surface area contributed by atoms with Gasteiger partial charge in [0.15, 0.2) is 0 Å². The van der Waals surface area contributed by atoms with Gasteiger partial charge in [-0.3, -0.25) is 0 Å². The molecule has 1 fully saturated rings. The summed E-state index contributed by atoms with van der Waals surface area (Å²) in [5.74, 6) is 2.26. The molecule has 0 radical (unpaired) electrons. The van der Waals surface area contributed by atoms with Gasteiger partial charge >= 0.3 is 0 Å². The highest BCUT2D eigenvalue weighted by atomic mass is 16.5. The molecule has 1 aromatic heterocycles. The Bertz CT molecular complexity index is 562. The van der Waals surface area contributed by atoms with Crippen molar-refractivity contribution in [3.63, 3.8) is 0 Å². The Morgan fingerprint density at radius 1 is 1.21 bits per heavy atom. The largest absolute Gasteiger partial charge is 0.497 e. The van der Waals surface area contributed by atoms with Gasteiger partial charge in [0.05, 0.1) is 13.7 Å². The molecule has 19 heavy (non-hydrogen) atoms. The van der Waals surface area contributed by atoms with Crippen LogP contribution < -0.4 is 9.47 Å². The van der Waals surface area contributed by atoms with Crippen LogP contribution in [0, 0.1) is 5.92 Å². The third-order valence-electron chi connectivity index (χ3n) is 3.87. The second-order valence-electron chi connectivity index (χ2n) is 5.16. The van der Waals surface area contributed by atoms with Crippen molar-refractivity contribution < 1.29 is 9.47 Å². The van der Waals surface area contributed by atoms with Crippen molar-refractivity contribution in [3.8, 4) is 11.6 Å². The molecule has 3 rings (SSSR count). The topological polar surface area (TPSA) is 31.4 Å².